The summed E-state index contributed by atoms with van der Waals surface area (Å²) in [5.74, 6) is 0.510. The van der Waals surface area contributed by atoms with Crippen LogP contribution in [0.5, 0.6) is 0 Å². The molecule has 2 atom stereocenters. The monoisotopic (exact) mass is 339 g/mol. The zero-order valence-corrected chi connectivity index (χ0v) is 15.0. The van der Waals surface area contributed by atoms with Crippen LogP contribution in [0.15, 0.2) is 0 Å². The van der Waals surface area contributed by atoms with Gasteiger partial charge >= 0.3 is 6.03 Å². The number of urea groups is 1. The number of amides is 2. The van der Waals surface area contributed by atoms with E-state index in [4.69, 9.17) is 9.47 Å². The maximum atomic E-state index is 12.2. The molecule has 0 bridgehead atoms. The smallest absolute Gasteiger partial charge is 0.314 e. The Morgan fingerprint density at radius 1 is 1.17 bits per heavy atom. The van der Waals surface area contributed by atoms with E-state index in [1.807, 2.05) is 0 Å². The molecule has 6 heteroatoms. The fraction of sp³-hybridized carbons (Fsp3) is 0.944. The normalized spacial score (nSPS) is 28.6. The molecule has 6 nitrogen and oxygen atoms in total. The van der Waals surface area contributed by atoms with Gasteiger partial charge < -0.3 is 20.1 Å². The molecule has 2 saturated heterocycles. The molecule has 0 spiro atoms. The van der Waals surface area contributed by atoms with Crippen molar-refractivity contribution >= 4 is 6.03 Å². The topological polar surface area (TPSA) is 62.8 Å². The third kappa shape index (κ3) is 4.83. The van der Waals surface area contributed by atoms with Crippen LogP contribution in [-0.2, 0) is 9.47 Å². The average Bonchev–Trinajstić information content (AvgIpc) is 3.27. The van der Waals surface area contributed by atoms with E-state index in [1.165, 1.54) is 25.7 Å². The van der Waals surface area contributed by atoms with Crippen molar-refractivity contribution in [3.63, 3.8) is 0 Å². The number of hydrogen-bond donors (Lipinski definition) is 2. The predicted octanol–water partition coefficient (Wildman–Crippen LogP) is 1.60. The minimum atomic E-state index is -0.0275. The Hall–Kier alpha value is -0.850. The molecule has 0 radical (unpaired) electrons. The second-order valence-electron chi connectivity index (χ2n) is 7.92. The van der Waals surface area contributed by atoms with Crippen molar-refractivity contribution in [3.05, 3.63) is 0 Å². The van der Waals surface area contributed by atoms with Crippen molar-refractivity contribution in [1.29, 1.82) is 0 Å². The highest BCUT2D eigenvalue weighted by molar-refractivity contribution is 5.73. The molecule has 3 fully saturated rings. The van der Waals surface area contributed by atoms with E-state index in [-0.39, 0.29) is 6.03 Å². The van der Waals surface area contributed by atoms with Crippen LogP contribution in [0.2, 0.25) is 0 Å². The summed E-state index contributed by atoms with van der Waals surface area (Å²) in [4.78, 5) is 14.7. The molecule has 0 unspecified atom stereocenters. The molecular weight excluding hydrogens is 306 g/mol. The van der Waals surface area contributed by atoms with Gasteiger partial charge in [0.25, 0.3) is 0 Å². The second-order valence-corrected chi connectivity index (χ2v) is 7.92. The number of ether oxygens (including phenoxy) is 2. The zero-order chi connectivity index (χ0) is 16.8. The van der Waals surface area contributed by atoms with Crippen LogP contribution in [0.3, 0.4) is 0 Å². The van der Waals surface area contributed by atoms with E-state index in [0.29, 0.717) is 23.9 Å². The molecule has 24 heavy (non-hydrogen) atoms. The van der Waals surface area contributed by atoms with Gasteiger partial charge in [-0.05, 0) is 24.7 Å². The fourth-order valence-corrected chi connectivity index (χ4v) is 4.32. The molecule has 2 aliphatic heterocycles. The van der Waals surface area contributed by atoms with Gasteiger partial charge in [0, 0.05) is 44.7 Å². The van der Waals surface area contributed by atoms with Crippen molar-refractivity contribution in [1.82, 2.24) is 15.5 Å². The van der Waals surface area contributed by atoms with E-state index in [9.17, 15) is 4.79 Å². The van der Waals surface area contributed by atoms with Gasteiger partial charge in [-0.1, -0.05) is 19.8 Å². The van der Waals surface area contributed by atoms with Crippen molar-refractivity contribution in [2.45, 2.75) is 45.1 Å². The van der Waals surface area contributed by atoms with Gasteiger partial charge in [-0.2, -0.15) is 0 Å². The summed E-state index contributed by atoms with van der Waals surface area (Å²) >= 11 is 0. The maximum absolute atomic E-state index is 12.2. The number of rotatable bonds is 6. The number of hydrogen-bond acceptors (Lipinski definition) is 4. The minimum Gasteiger partial charge on any atom is -0.381 e. The van der Waals surface area contributed by atoms with E-state index in [2.05, 4.69) is 22.5 Å². The van der Waals surface area contributed by atoms with Gasteiger partial charge in [-0.15, -0.1) is 0 Å². The molecule has 1 aliphatic carbocycles. The van der Waals surface area contributed by atoms with Crippen LogP contribution < -0.4 is 10.6 Å². The number of morpholine rings is 1. The van der Waals surface area contributed by atoms with E-state index in [1.54, 1.807) is 0 Å². The first-order valence-electron chi connectivity index (χ1n) is 9.58. The summed E-state index contributed by atoms with van der Waals surface area (Å²) < 4.78 is 11.0. The summed E-state index contributed by atoms with van der Waals surface area (Å²) in [5, 5.41) is 6.20. The Labute approximate surface area is 145 Å². The Morgan fingerprint density at radius 3 is 2.58 bits per heavy atom. The molecule has 138 valence electrons. The summed E-state index contributed by atoms with van der Waals surface area (Å²) in [5.41, 5.74) is 0.292. The number of carbonyl (C=O) groups is 1. The van der Waals surface area contributed by atoms with Crippen LogP contribution in [0, 0.1) is 11.3 Å². The number of nitrogens with zero attached hydrogens (tertiary/aromatic N) is 1. The fourth-order valence-electron chi connectivity index (χ4n) is 4.32. The van der Waals surface area contributed by atoms with Crippen molar-refractivity contribution in [2.24, 2.45) is 11.3 Å². The molecule has 0 aromatic rings. The molecular formula is C18H33N3O3. The summed E-state index contributed by atoms with van der Waals surface area (Å²) in [6.45, 7) is 8.88. The van der Waals surface area contributed by atoms with Crippen LogP contribution in [0.25, 0.3) is 0 Å². The molecule has 2 heterocycles. The zero-order valence-electron chi connectivity index (χ0n) is 15.0. The lowest BCUT2D eigenvalue weighted by Gasteiger charge is -2.37. The highest BCUT2D eigenvalue weighted by Gasteiger charge is 2.32. The third-order valence-electron chi connectivity index (χ3n) is 5.98. The highest BCUT2D eigenvalue weighted by Crippen LogP contribution is 2.36. The lowest BCUT2D eigenvalue weighted by atomic mass is 9.89. The third-order valence-corrected chi connectivity index (χ3v) is 5.98. The molecule has 2 amide bonds. The number of carbonyl (C=O) groups excluding carboxylic acids is 1. The minimum absolute atomic E-state index is 0.0275. The second kappa shape index (κ2) is 8.50. The first-order valence-corrected chi connectivity index (χ1v) is 9.58. The van der Waals surface area contributed by atoms with Crippen molar-refractivity contribution < 1.29 is 14.3 Å². The van der Waals surface area contributed by atoms with Gasteiger partial charge in [0.2, 0.25) is 0 Å². The lowest BCUT2D eigenvalue weighted by Crippen LogP contribution is -2.53. The van der Waals surface area contributed by atoms with Gasteiger partial charge in [0.05, 0.1) is 19.8 Å². The average molecular weight is 339 g/mol. The van der Waals surface area contributed by atoms with Gasteiger partial charge in [-0.3, -0.25) is 4.90 Å². The Kier molecular flexibility index (Phi) is 6.36. The molecule has 1 saturated carbocycles. The first kappa shape index (κ1) is 18.0. The first-order chi connectivity index (χ1) is 11.7. The molecule has 3 rings (SSSR count). The largest absolute Gasteiger partial charge is 0.381 e. The van der Waals surface area contributed by atoms with Crippen LogP contribution in [-0.4, -0.2) is 69.6 Å². The molecule has 2 N–H and O–H groups in total. The highest BCUT2D eigenvalue weighted by atomic mass is 16.5. The van der Waals surface area contributed by atoms with Gasteiger partial charge in [0.1, 0.15) is 0 Å². The summed E-state index contributed by atoms with van der Waals surface area (Å²) in [7, 11) is 0. The van der Waals surface area contributed by atoms with Crippen molar-refractivity contribution in [3.8, 4) is 0 Å². The summed E-state index contributed by atoms with van der Waals surface area (Å²) in [6.07, 6.45) is 6.12. The standard InChI is InChI=1S/C18H33N3O3/c1-18(5-2-3-6-18)14-20-17(22)19-12-16(15-4-9-24-13-15)21-7-10-23-11-8-21/h15-16H,2-14H2,1H3,(H2,19,20,22)/t15-,16+/m1/s1. The lowest BCUT2D eigenvalue weighted by molar-refractivity contribution is 0.00211. The maximum Gasteiger partial charge on any atom is 0.314 e. The molecule has 0 aromatic heterocycles. The van der Waals surface area contributed by atoms with E-state index >= 15 is 0 Å². The van der Waals surface area contributed by atoms with Crippen LogP contribution in [0.4, 0.5) is 4.79 Å². The van der Waals surface area contributed by atoms with E-state index < -0.39 is 0 Å². The van der Waals surface area contributed by atoms with Crippen molar-refractivity contribution in [2.75, 3.05) is 52.6 Å². The SMILES string of the molecule is CC1(CNC(=O)NC[C@@H]([C@@H]2CCOC2)N2CCOCC2)CCCC1. The van der Waals surface area contributed by atoms with Gasteiger partial charge in [0.15, 0.2) is 0 Å². The van der Waals surface area contributed by atoms with Crippen LogP contribution in [0.1, 0.15) is 39.0 Å². The molecule has 0 aromatic carbocycles. The Bertz CT molecular complexity index is 400. The van der Waals surface area contributed by atoms with E-state index in [0.717, 1.165) is 52.5 Å². The predicted molar refractivity (Wildman–Crippen MR) is 93.1 cm³/mol. The summed E-state index contributed by atoms with van der Waals surface area (Å²) in [6, 6.07) is 0.324. The number of nitrogens with one attached hydrogen (secondary N) is 2. The van der Waals surface area contributed by atoms with Gasteiger partial charge in [-0.25, -0.2) is 4.79 Å². The quantitative estimate of drug-likeness (QED) is 0.772. The molecule has 3 aliphatic rings. The van der Waals surface area contributed by atoms with Crippen LogP contribution >= 0.6 is 0 Å². The Morgan fingerprint density at radius 2 is 1.92 bits per heavy atom. The Balaban J connectivity index is 1.46.